The van der Waals surface area contributed by atoms with Crippen LogP contribution in [0.5, 0.6) is 0 Å². The summed E-state index contributed by atoms with van der Waals surface area (Å²) in [5.74, 6) is 0.158. The van der Waals surface area contributed by atoms with Gasteiger partial charge in [-0.1, -0.05) is 31.5 Å². The lowest BCUT2D eigenvalue weighted by Gasteiger charge is -2.13. The van der Waals surface area contributed by atoms with Gasteiger partial charge in [-0.05, 0) is 18.1 Å². The molecular formula is C14H22N2O. The van der Waals surface area contributed by atoms with Gasteiger partial charge in [0.25, 0.3) is 0 Å². The number of nitrogens with one attached hydrogen (secondary N) is 1. The normalized spacial score (nSPS) is 10.1. The van der Waals surface area contributed by atoms with Gasteiger partial charge in [0.15, 0.2) is 0 Å². The number of hydrogen-bond donors (Lipinski definition) is 1. The van der Waals surface area contributed by atoms with E-state index in [4.69, 9.17) is 0 Å². The van der Waals surface area contributed by atoms with Crippen molar-refractivity contribution in [3.05, 3.63) is 29.8 Å². The minimum Gasteiger partial charge on any atom is -0.384 e. The summed E-state index contributed by atoms with van der Waals surface area (Å²) in [7, 11) is 3.57. The third-order valence-electron chi connectivity index (χ3n) is 2.69. The molecule has 0 radical (unpaired) electrons. The van der Waals surface area contributed by atoms with Gasteiger partial charge < -0.3 is 10.2 Å². The van der Waals surface area contributed by atoms with Gasteiger partial charge >= 0.3 is 0 Å². The zero-order valence-electron chi connectivity index (χ0n) is 11.0. The number of aryl methyl sites for hydroxylation is 1. The van der Waals surface area contributed by atoms with Crippen molar-refractivity contribution in [3.8, 4) is 0 Å². The molecule has 0 fully saturated rings. The number of rotatable bonds is 6. The molecule has 1 rings (SSSR count). The van der Waals surface area contributed by atoms with Gasteiger partial charge in [-0.15, -0.1) is 0 Å². The largest absolute Gasteiger partial charge is 0.384 e. The van der Waals surface area contributed by atoms with Gasteiger partial charge in [-0.2, -0.15) is 0 Å². The maximum absolute atomic E-state index is 11.4. The van der Waals surface area contributed by atoms with Crippen LogP contribution in [0, 0.1) is 0 Å². The molecule has 0 aliphatic heterocycles. The van der Waals surface area contributed by atoms with E-state index in [2.05, 4.69) is 30.4 Å². The number of benzene rings is 1. The van der Waals surface area contributed by atoms with Crippen LogP contribution in [-0.4, -0.2) is 31.4 Å². The van der Waals surface area contributed by atoms with Crippen LogP contribution >= 0.6 is 0 Å². The van der Waals surface area contributed by atoms with Crippen molar-refractivity contribution in [2.75, 3.05) is 26.0 Å². The Kier molecular flexibility index (Phi) is 5.53. The van der Waals surface area contributed by atoms with Crippen molar-refractivity contribution in [1.82, 2.24) is 4.90 Å². The highest BCUT2D eigenvalue weighted by atomic mass is 16.2. The number of anilines is 1. The first kappa shape index (κ1) is 13.6. The van der Waals surface area contributed by atoms with E-state index in [1.807, 2.05) is 6.07 Å². The van der Waals surface area contributed by atoms with Crippen LogP contribution in [0.3, 0.4) is 0 Å². The van der Waals surface area contributed by atoms with Crippen LogP contribution in [-0.2, 0) is 11.2 Å². The lowest BCUT2D eigenvalue weighted by Crippen LogP contribution is -2.24. The van der Waals surface area contributed by atoms with Crippen molar-refractivity contribution in [2.24, 2.45) is 0 Å². The molecule has 0 saturated carbocycles. The average molecular weight is 234 g/mol. The molecule has 1 aromatic rings. The molecule has 1 N–H and O–H groups in total. The van der Waals surface area contributed by atoms with Crippen LogP contribution in [0.2, 0.25) is 0 Å². The molecule has 0 unspecified atom stereocenters. The van der Waals surface area contributed by atoms with Gasteiger partial charge in [0, 0.05) is 32.7 Å². The van der Waals surface area contributed by atoms with Crippen LogP contribution in [0.1, 0.15) is 25.3 Å². The second-order valence-electron chi connectivity index (χ2n) is 4.37. The molecule has 17 heavy (non-hydrogen) atoms. The van der Waals surface area contributed by atoms with E-state index in [1.165, 1.54) is 5.56 Å². The summed E-state index contributed by atoms with van der Waals surface area (Å²) in [5.41, 5.74) is 2.48. The monoisotopic (exact) mass is 234 g/mol. The first-order valence-electron chi connectivity index (χ1n) is 6.17. The van der Waals surface area contributed by atoms with E-state index in [-0.39, 0.29) is 5.91 Å². The Labute approximate surface area is 104 Å². The number of hydrogen-bond acceptors (Lipinski definition) is 2. The molecule has 94 valence electrons. The van der Waals surface area contributed by atoms with E-state index in [0.29, 0.717) is 13.0 Å². The Bertz CT molecular complexity index is 361. The van der Waals surface area contributed by atoms with Crippen LogP contribution < -0.4 is 5.32 Å². The second kappa shape index (κ2) is 6.94. The first-order valence-corrected chi connectivity index (χ1v) is 6.17. The summed E-state index contributed by atoms with van der Waals surface area (Å²) in [4.78, 5) is 13.1. The lowest BCUT2D eigenvalue weighted by atomic mass is 10.1. The zero-order chi connectivity index (χ0) is 12.7. The summed E-state index contributed by atoms with van der Waals surface area (Å²) in [6.45, 7) is 2.87. The predicted octanol–water partition coefficient (Wildman–Crippen LogP) is 2.53. The highest BCUT2D eigenvalue weighted by molar-refractivity contribution is 5.76. The number of para-hydroxylation sites is 1. The molecule has 0 aromatic heterocycles. The summed E-state index contributed by atoms with van der Waals surface area (Å²) < 4.78 is 0. The first-order chi connectivity index (χ1) is 8.15. The van der Waals surface area contributed by atoms with Crippen molar-refractivity contribution >= 4 is 11.6 Å². The summed E-state index contributed by atoms with van der Waals surface area (Å²) in [6.07, 6.45) is 2.74. The summed E-state index contributed by atoms with van der Waals surface area (Å²) >= 11 is 0. The van der Waals surface area contributed by atoms with Gasteiger partial charge in [-0.25, -0.2) is 0 Å². The second-order valence-corrected chi connectivity index (χ2v) is 4.37. The van der Waals surface area contributed by atoms with Gasteiger partial charge in [-0.3, -0.25) is 4.79 Å². The van der Waals surface area contributed by atoms with Crippen molar-refractivity contribution in [3.63, 3.8) is 0 Å². The van der Waals surface area contributed by atoms with E-state index >= 15 is 0 Å². The zero-order valence-corrected chi connectivity index (χ0v) is 11.0. The third kappa shape index (κ3) is 4.47. The molecule has 3 heteroatoms. The predicted molar refractivity (Wildman–Crippen MR) is 72.2 cm³/mol. The molecule has 1 amide bonds. The number of nitrogens with zero attached hydrogens (tertiary/aromatic N) is 1. The third-order valence-corrected chi connectivity index (χ3v) is 2.69. The van der Waals surface area contributed by atoms with Gasteiger partial charge in [0.1, 0.15) is 0 Å². The van der Waals surface area contributed by atoms with Crippen LogP contribution in [0.4, 0.5) is 5.69 Å². The Balaban J connectivity index is 2.48. The van der Waals surface area contributed by atoms with E-state index in [1.54, 1.807) is 19.0 Å². The molecule has 0 atom stereocenters. The molecule has 0 bridgehead atoms. The highest BCUT2D eigenvalue weighted by Gasteiger charge is 2.04. The topological polar surface area (TPSA) is 32.3 Å². The molecule has 0 aliphatic carbocycles. The number of carbonyl (C=O) groups excluding carboxylic acids is 1. The molecule has 3 nitrogen and oxygen atoms in total. The fourth-order valence-corrected chi connectivity index (χ4v) is 1.71. The van der Waals surface area contributed by atoms with Crippen molar-refractivity contribution in [2.45, 2.75) is 26.2 Å². The smallest absolute Gasteiger partial charge is 0.223 e. The number of carbonyl (C=O) groups is 1. The molecule has 0 spiro atoms. The Morgan fingerprint density at radius 3 is 2.65 bits per heavy atom. The Hall–Kier alpha value is -1.51. The van der Waals surface area contributed by atoms with Gasteiger partial charge in [0.05, 0.1) is 0 Å². The maximum atomic E-state index is 11.4. The van der Waals surface area contributed by atoms with E-state index in [0.717, 1.165) is 18.5 Å². The van der Waals surface area contributed by atoms with Crippen LogP contribution in [0.15, 0.2) is 24.3 Å². The van der Waals surface area contributed by atoms with Crippen molar-refractivity contribution < 1.29 is 4.79 Å². The lowest BCUT2D eigenvalue weighted by molar-refractivity contribution is -0.128. The van der Waals surface area contributed by atoms with Crippen molar-refractivity contribution in [1.29, 1.82) is 0 Å². The fraction of sp³-hybridized carbons (Fsp3) is 0.500. The summed E-state index contributed by atoms with van der Waals surface area (Å²) in [6, 6.07) is 8.29. The highest BCUT2D eigenvalue weighted by Crippen LogP contribution is 2.16. The minimum atomic E-state index is 0.158. The maximum Gasteiger partial charge on any atom is 0.223 e. The molecule has 1 aromatic carbocycles. The number of amides is 1. The van der Waals surface area contributed by atoms with E-state index < -0.39 is 0 Å². The summed E-state index contributed by atoms with van der Waals surface area (Å²) in [5, 5.41) is 3.34. The van der Waals surface area contributed by atoms with Crippen LogP contribution in [0.25, 0.3) is 0 Å². The Morgan fingerprint density at radius 2 is 2.00 bits per heavy atom. The molecule has 0 aliphatic rings. The SMILES string of the molecule is CCCc1ccccc1NCCC(=O)N(C)C. The van der Waals surface area contributed by atoms with Gasteiger partial charge in [0.2, 0.25) is 5.91 Å². The fourth-order valence-electron chi connectivity index (χ4n) is 1.71. The molecule has 0 saturated heterocycles. The quantitative estimate of drug-likeness (QED) is 0.820. The Morgan fingerprint density at radius 1 is 1.29 bits per heavy atom. The van der Waals surface area contributed by atoms with E-state index in [9.17, 15) is 4.79 Å². The molecular weight excluding hydrogens is 212 g/mol. The standard InChI is InChI=1S/C14H22N2O/c1-4-7-12-8-5-6-9-13(12)15-11-10-14(17)16(2)3/h5-6,8-9,15H,4,7,10-11H2,1-3H3. The average Bonchev–Trinajstić information content (AvgIpc) is 2.31. The molecule has 0 heterocycles. The minimum absolute atomic E-state index is 0.158.